The average molecular weight is 191 g/mol. The van der Waals surface area contributed by atoms with Crippen LogP contribution >= 0.6 is 0 Å². The lowest BCUT2D eigenvalue weighted by molar-refractivity contribution is 0.479. The standard InChI is InChI=1S/C11H17N3/c1-2-5-14-11-6-8-3-4-10(13-8)9(11)7-12-14/h7-8,10,13H,2-6H2,1H3. The van der Waals surface area contributed by atoms with Crippen molar-refractivity contribution in [2.24, 2.45) is 0 Å². The van der Waals surface area contributed by atoms with Crippen molar-refractivity contribution in [3.8, 4) is 0 Å². The summed E-state index contributed by atoms with van der Waals surface area (Å²) in [5.41, 5.74) is 2.96. The summed E-state index contributed by atoms with van der Waals surface area (Å²) in [4.78, 5) is 0. The molecular formula is C11H17N3. The zero-order chi connectivity index (χ0) is 9.54. The molecule has 2 bridgehead atoms. The zero-order valence-electron chi connectivity index (χ0n) is 8.66. The second-order valence-electron chi connectivity index (χ2n) is 4.47. The summed E-state index contributed by atoms with van der Waals surface area (Å²) >= 11 is 0. The van der Waals surface area contributed by atoms with Gasteiger partial charge in [-0.15, -0.1) is 0 Å². The van der Waals surface area contributed by atoms with Crippen LogP contribution in [0.25, 0.3) is 0 Å². The van der Waals surface area contributed by atoms with E-state index in [9.17, 15) is 0 Å². The van der Waals surface area contributed by atoms with Crippen LogP contribution < -0.4 is 5.32 Å². The molecule has 1 aromatic heterocycles. The van der Waals surface area contributed by atoms with Gasteiger partial charge in [0, 0.05) is 36.3 Å². The maximum atomic E-state index is 4.48. The van der Waals surface area contributed by atoms with Crippen LogP contribution in [0.5, 0.6) is 0 Å². The van der Waals surface area contributed by atoms with Gasteiger partial charge in [-0.2, -0.15) is 5.10 Å². The minimum Gasteiger partial charge on any atom is -0.307 e. The Labute approximate surface area is 84.5 Å². The first-order chi connectivity index (χ1) is 6.88. The van der Waals surface area contributed by atoms with Crippen LogP contribution in [0.3, 0.4) is 0 Å². The van der Waals surface area contributed by atoms with Gasteiger partial charge in [0.15, 0.2) is 0 Å². The largest absolute Gasteiger partial charge is 0.307 e. The summed E-state index contributed by atoms with van der Waals surface area (Å²) in [7, 11) is 0. The molecule has 14 heavy (non-hydrogen) atoms. The minimum atomic E-state index is 0.606. The molecule has 76 valence electrons. The summed E-state index contributed by atoms with van der Waals surface area (Å²) in [5.74, 6) is 0. The smallest absolute Gasteiger partial charge is 0.0540 e. The predicted molar refractivity (Wildman–Crippen MR) is 55.1 cm³/mol. The fourth-order valence-electron chi connectivity index (χ4n) is 2.80. The molecule has 2 aliphatic heterocycles. The molecule has 3 nitrogen and oxygen atoms in total. The Bertz CT molecular complexity index is 342. The summed E-state index contributed by atoms with van der Waals surface area (Å²) in [6.07, 6.45) is 7.08. The number of hydrogen-bond donors (Lipinski definition) is 1. The molecule has 0 amide bonds. The SMILES string of the molecule is CCCn1ncc2c1CC1CCC2N1. The van der Waals surface area contributed by atoms with Crippen LogP contribution in [-0.2, 0) is 13.0 Å². The summed E-state index contributed by atoms with van der Waals surface area (Å²) in [6, 6.07) is 1.33. The molecule has 2 unspecified atom stereocenters. The van der Waals surface area contributed by atoms with Gasteiger partial charge >= 0.3 is 0 Å². The van der Waals surface area contributed by atoms with E-state index in [4.69, 9.17) is 0 Å². The number of aryl methyl sites for hydroxylation is 1. The number of fused-ring (bicyclic) bond motifs is 4. The second kappa shape index (κ2) is 3.09. The molecule has 0 spiro atoms. The summed E-state index contributed by atoms with van der Waals surface area (Å²) in [6.45, 7) is 3.29. The van der Waals surface area contributed by atoms with Gasteiger partial charge in [0.2, 0.25) is 0 Å². The number of hydrogen-bond acceptors (Lipinski definition) is 2. The van der Waals surface area contributed by atoms with Gasteiger partial charge in [-0.25, -0.2) is 0 Å². The van der Waals surface area contributed by atoms with Crippen LogP contribution in [0.15, 0.2) is 6.20 Å². The molecule has 2 aliphatic rings. The first-order valence-electron chi connectivity index (χ1n) is 5.69. The van der Waals surface area contributed by atoms with E-state index in [0.29, 0.717) is 6.04 Å². The number of rotatable bonds is 2. The maximum absolute atomic E-state index is 4.48. The third-order valence-electron chi connectivity index (χ3n) is 3.47. The molecule has 3 heteroatoms. The van der Waals surface area contributed by atoms with Crippen LogP contribution in [0, 0.1) is 0 Å². The first-order valence-corrected chi connectivity index (χ1v) is 5.69. The average Bonchev–Trinajstić information content (AvgIpc) is 2.75. The van der Waals surface area contributed by atoms with Gasteiger partial charge in [0.25, 0.3) is 0 Å². The Hall–Kier alpha value is -0.830. The maximum Gasteiger partial charge on any atom is 0.0540 e. The monoisotopic (exact) mass is 191 g/mol. The van der Waals surface area contributed by atoms with Crippen molar-refractivity contribution >= 4 is 0 Å². The molecule has 1 aromatic rings. The van der Waals surface area contributed by atoms with Crippen molar-refractivity contribution in [2.75, 3.05) is 0 Å². The Morgan fingerprint density at radius 2 is 2.50 bits per heavy atom. The van der Waals surface area contributed by atoms with Crippen LogP contribution in [0.2, 0.25) is 0 Å². The molecule has 0 aliphatic carbocycles. The highest BCUT2D eigenvalue weighted by molar-refractivity contribution is 5.28. The molecule has 0 radical (unpaired) electrons. The van der Waals surface area contributed by atoms with E-state index in [-0.39, 0.29) is 0 Å². The van der Waals surface area contributed by atoms with Crippen LogP contribution in [0.4, 0.5) is 0 Å². The van der Waals surface area contributed by atoms with Crippen molar-refractivity contribution in [3.05, 3.63) is 17.5 Å². The number of aromatic nitrogens is 2. The van der Waals surface area contributed by atoms with E-state index in [1.807, 2.05) is 0 Å². The molecule has 3 heterocycles. The molecule has 2 atom stereocenters. The second-order valence-corrected chi connectivity index (χ2v) is 4.47. The van der Waals surface area contributed by atoms with Crippen molar-refractivity contribution in [3.63, 3.8) is 0 Å². The van der Waals surface area contributed by atoms with E-state index >= 15 is 0 Å². The van der Waals surface area contributed by atoms with E-state index in [1.165, 1.54) is 36.9 Å². The zero-order valence-corrected chi connectivity index (χ0v) is 8.66. The fraction of sp³-hybridized carbons (Fsp3) is 0.727. The lowest BCUT2D eigenvalue weighted by Gasteiger charge is -2.22. The topological polar surface area (TPSA) is 29.9 Å². The van der Waals surface area contributed by atoms with Crippen molar-refractivity contribution in [1.29, 1.82) is 0 Å². The van der Waals surface area contributed by atoms with Crippen molar-refractivity contribution in [1.82, 2.24) is 15.1 Å². The van der Waals surface area contributed by atoms with Crippen molar-refractivity contribution < 1.29 is 0 Å². The Morgan fingerprint density at radius 1 is 1.57 bits per heavy atom. The normalized spacial score (nSPS) is 29.2. The molecule has 3 rings (SSSR count). The third-order valence-corrected chi connectivity index (χ3v) is 3.47. The first kappa shape index (κ1) is 8.48. The highest BCUT2D eigenvalue weighted by Crippen LogP contribution is 2.35. The van der Waals surface area contributed by atoms with Gasteiger partial charge in [0.1, 0.15) is 0 Å². The molecular weight excluding hydrogens is 174 g/mol. The highest BCUT2D eigenvalue weighted by atomic mass is 15.3. The predicted octanol–water partition coefficient (Wildman–Crippen LogP) is 1.64. The van der Waals surface area contributed by atoms with Gasteiger partial charge < -0.3 is 5.32 Å². The number of nitrogens with one attached hydrogen (secondary N) is 1. The Morgan fingerprint density at radius 3 is 3.36 bits per heavy atom. The molecule has 1 saturated heterocycles. The van der Waals surface area contributed by atoms with Gasteiger partial charge in [-0.3, -0.25) is 4.68 Å². The van der Waals surface area contributed by atoms with Gasteiger partial charge in [0.05, 0.1) is 6.20 Å². The molecule has 0 saturated carbocycles. The molecule has 1 fully saturated rings. The Balaban J connectivity index is 1.98. The Kier molecular flexibility index (Phi) is 1.87. The van der Waals surface area contributed by atoms with Crippen LogP contribution in [-0.4, -0.2) is 15.8 Å². The third kappa shape index (κ3) is 1.12. The number of nitrogens with zero attached hydrogens (tertiary/aromatic N) is 2. The fourth-order valence-corrected chi connectivity index (χ4v) is 2.80. The van der Waals surface area contributed by atoms with E-state index in [0.717, 1.165) is 12.6 Å². The van der Waals surface area contributed by atoms with Crippen molar-refractivity contribution in [2.45, 2.75) is 51.2 Å². The van der Waals surface area contributed by atoms with Gasteiger partial charge in [-0.05, 0) is 19.3 Å². The molecule has 1 N–H and O–H groups in total. The summed E-state index contributed by atoms with van der Waals surface area (Å²) < 4.78 is 2.21. The van der Waals surface area contributed by atoms with Gasteiger partial charge in [-0.1, -0.05) is 6.92 Å². The van der Waals surface area contributed by atoms with E-state index in [2.05, 4.69) is 28.2 Å². The lowest BCUT2D eigenvalue weighted by atomic mass is 10.0. The van der Waals surface area contributed by atoms with E-state index < -0.39 is 0 Å². The quantitative estimate of drug-likeness (QED) is 0.770. The summed E-state index contributed by atoms with van der Waals surface area (Å²) in [5, 5.41) is 8.13. The van der Waals surface area contributed by atoms with E-state index in [1.54, 1.807) is 0 Å². The minimum absolute atomic E-state index is 0.606. The van der Waals surface area contributed by atoms with Crippen LogP contribution in [0.1, 0.15) is 43.5 Å². The molecule has 0 aromatic carbocycles. The highest BCUT2D eigenvalue weighted by Gasteiger charge is 2.34. The lowest BCUT2D eigenvalue weighted by Crippen LogP contribution is -2.32.